The van der Waals surface area contributed by atoms with E-state index in [0.29, 0.717) is 5.75 Å². The van der Waals surface area contributed by atoms with Crippen molar-refractivity contribution in [2.24, 2.45) is 5.73 Å². The first kappa shape index (κ1) is 14.6. The number of methoxy groups -OCH3 is 1. The number of benzene rings is 1. The van der Waals surface area contributed by atoms with Crippen molar-refractivity contribution in [2.75, 3.05) is 12.4 Å². The number of nitrogens with one attached hydrogen (secondary N) is 1. The van der Waals surface area contributed by atoms with E-state index in [1.54, 1.807) is 31.4 Å². The van der Waals surface area contributed by atoms with Gasteiger partial charge in [0.25, 0.3) is 5.91 Å². The van der Waals surface area contributed by atoms with Gasteiger partial charge in [0, 0.05) is 0 Å². The highest BCUT2D eigenvalue weighted by Gasteiger charge is 2.29. The fourth-order valence-electron chi connectivity index (χ4n) is 2.33. The molecule has 3 rings (SSSR count). The number of allylic oxidation sites excluding steroid dienone is 1. The number of aliphatic carboxylic acids is 1. The zero-order valence-electron chi connectivity index (χ0n) is 12.1. The average Bonchev–Trinajstić information content (AvgIpc) is 2.98. The van der Waals surface area contributed by atoms with E-state index in [1.165, 1.54) is 10.8 Å². The lowest BCUT2D eigenvalue weighted by atomic mass is 10.0. The summed E-state index contributed by atoms with van der Waals surface area (Å²) in [6.45, 7) is 0. The number of nitrogens with two attached hydrogens (primary N) is 1. The molecule has 0 bridgehead atoms. The molecule has 9 nitrogen and oxygen atoms in total. The number of amides is 1. The number of hydrogen-bond donors (Lipinski definition) is 3. The monoisotopic (exact) mass is 315 g/mol. The number of anilines is 1. The molecule has 2 heterocycles. The summed E-state index contributed by atoms with van der Waals surface area (Å²) in [5.74, 6) is -1.13. The van der Waals surface area contributed by atoms with Crippen molar-refractivity contribution in [1.29, 1.82) is 0 Å². The van der Waals surface area contributed by atoms with Gasteiger partial charge in [-0.15, -0.1) is 5.10 Å². The van der Waals surface area contributed by atoms with E-state index in [4.69, 9.17) is 10.5 Å². The number of fused-ring (bicyclic) bond motifs is 1. The highest BCUT2D eigenvalue weighted by molar-refractivity contribution is 5.98. The first-order valence-corrected chi connectivity index (χ1v) is 6.62. The van der Waals surface area contributed by atoms with Gasteiger partial charge in [0.15, 0.2) is 11.5 Å². The molecular weight excluding hydrogens is 302 g/mol. The number of carboxylic acids is 1. The van der Waals surface area contributed by atoms with Gasteiger partial charge in [-0.25, -0.2) is 9.48 Å². The predicted molar refractivity (Wildman–Crippen MR) is 79.0 cm³/mol. The maximum absolute atomic E-state index is 11.4. The minimum absolute atomic E-state index is 0.0804. The topological polar surface area (TPSA) is 132 Å². The molecule has 1 atom stereocenters. The largest absolute Gasteiger partial charge is 0.497 e. The van der Waals surface area contributed by atoms with Crippen LogP contribution in [0.15, 0.2) is 36.0 Å². The van der Waals surface area contributed by atoms with Crippen molar-refractivity contribution in [3.8, 4) is 5.75 Å². The molecular formula is C14H13N5O4. The zero-order chi connectivity index (χ0) is 16.6. The lowest BCUT2D eigenvalue weighted by Crippen LogP contribution is -2.25. The van der Waals surface area contributed by atoms with Crippen molar-refractivity contribution in [2.45, 2.75) is 6.04 Å². The Labute approximate surface area is 130 Å². The molecule has 118 valence electrons. The molecule has 1 aliphatic heterocycles. The molecule has 1 amide bonds. The fourth-order valence-corrected chi connectivity index (χ4v) is 2.33. The smallest absolute Gasteiger partial charge is 0.352 e. The third kappa shape index (κ3) is 2.48. The van der Waals surface area contributed by atoms with E-state index < -0.39 is 17.9 Å². The first-order valence-electron chi connectivity index (χ1n) is 6.62. The van der Waals surface area contributed by atoms with Gasteiger partial charge in [0.05, 0.1) is 7.11 Å². The highest BCUT2D eigenvalue weighted by atomic mass is 16.5. The second-order valence-corrected chi connectivity index (χ2v) is 4.82. The van der Waals surface area contributed by atoms with E-state index in [2.05, 4.69) is 15.6 Å². The third-order valence-corrected chi connectivity index (χ3v) is 3.46. The second-order valence-electron chi connectivity index (χ2n) is 4.82. The van der Waals surface area contributed by atoms with E-state index in [9.17, 15) is 14.7 Å². The summed E-state index contributed by atoms with van der Waals surface area (Å²) in [6.07, 6.45) is 1.48. The maximum atomic E-state index is 11.4. The van der Waals surface area contributed by atoms with Gasteiger partial charge in [-0.1, -0.05) is 17.3 Å². The van der Waals surface area contributed by atoms with E-state index in [1.807, 2.05) is 0 Å². The van der Waals surface area contributed by atoms with Crippen LogP contribution >= 0.6 is 0 Å². The van der Waals surface area contributed by atoms with Crippen molar-refractivity contribution in [3.63, 3.8) is 0 Å². The first-order chi connectivity index (χ1) is 11.0. The second kappa shape index (κ2) is 5.44. The minimum atomic E-state index is -1.16. The normalized spacial score (nSPS) is 16.0. The molecule has 0 aliphatic carbocycles. The summed E-state index contributed by atoms with van der Waals surface area (Å²) in [6, 6.07) is 6.51. The van der Waals surface area contributed by atoms with Crippen LogP contribution in [0.3, 0.4) is 0 Å². The van der Waals surface area contributed by atoms with Gasteiger partial charge in [-0.3, -0.25) is 4.79 Å². The van der Waals surface area contributed by atoms with Crippen molar-refractivity contribution in [3.05, 3.63) is 47.3 Å². The summed E-state index contributed by atoms with van der Waals surface area (Å²) < 4.78 is 6.51. The van der Waals surface area contributed by atoms with Crippen LogP contribution in [0.5, 0.6) is 5.75 Å². The van der Waals surface area contributed by atoms with Crippen LogP contribution in [0.2, 0.25) is 0 Å². The van der Waals surface area contributed by atoms with E-state index in [0.717, 1.165) is 5.56 Å². The van der Waals surface area contributed by atoms with Gasteiger partial charge in [0.1, 0.15) is 17.5 Å². The molecule has 2 aromatic rings. The number of rotatable bonds is 4. The molecule has 0 fully saturated rings. The molecule has 0 saturated heterocycles. The summed E-state index contributed by atoms with van der Waals surface area (Å²) in [5, 5.41) is 19.5. The molecule has 0 saturated carbocycles. The number of nitrogens with zero attached hydrogens (tertiary/aromatic N) is 3. The summed E-state index contributed by atoms with van der Waals surface area (Å²) in [5.41, 5.74) is 5.81. The van der Waals surface area contributed by atoms with E-state index >= 15 is 0 Å². The Morgan fingerprint density at radius 1 is 1.35 bits per heavy atom. The summed E-state index contributed by atoms with van der Waals surface area (Å²) in [7, 11) is 1.55. The van der Waals surface area contributed by atoms with Crippen LogP contribution in [-0.2, 0) is 4.79 Å². The highest BCUT2D eigenvalue weighted by Crippen LogP contribution is 2.31. The quantitative estimate of drug-likeness (QED) is 0.742. The Morgan fingerprint density at radius 2 is 2.04 bits per heavy atom. The number of carboxylic acid groups (broad SMARTS) is 1. The molecule has 23 heavy (non-hydrogen) atoms. The molecule has 0 spiro atoms. The van der Waals surface area contributed by atoms with Gasteiger partial charge < -0.3 is 20.9 Å². The van der Waals surface area contributed by atoms with Crippen molar-refractivity contribution >= 4 is 17.7 Å². The average molecular weight is 315 g/mol. The molecule has 4 N–H and O–H groups in total. The molecule has 9 heteroatoms. The molecule has 1 aromatic carbocycles. The molecule has 0 radical (unpaired) electrons. The van der Waals surface area contributed by atoms with Crippen LogP contribution in [-0.4, -0.2) is 39.1 Å². The number of carbonyl (C=O) groups is 2. The SMILES string of the molecule is COc1ccc([C@@H]2C=C(C(=O)O)Nc3c(C(N)=O)nnn32)cc1. The predicted octanol–water partition coefficient (Wildman–Crippen LogP) is 0.369. The van der Waals surface area contributed by atoms with Crippen molar-refractivity contribution < 1.29 is 19.4 Å². The molecule has 1 aliphatic rings. The lowest BCUT2D eigenvalue weighted by molar-refractivity contribution is -0.132. The fraction of sp³-hybridized carbons (Fsp3) is 0.143. The van der Waals surface area contributed by atoms with Gasteiger partial charge in [-0.2, -0.15) is 0 Å². The number of ether oxygens (including phenoxy) is 1. The van der Waals surface area contributed by atoms with Crippen molar-refractivity contribution in [1.82, 2.24) is 15.0 Å². The standard InChI is InChI=1S/C14H13N5O4/c1-23-8-4-2-7(3-5-8)10-6-9(14(21)22)16-13-11(12(15)20)17-18-19(10)13/h2-6,10,16H,1H3,(H2,15,20)(H,21,22)/t10-/m0/s1. The Balaban J connectivity index is 2.11. The van der Waals surface area contributed by atoms with Gasteiger partial charge in [0.2, 0.25) is 0 Å². The Kier molecular flexibility index (Phi) is 3.45. The summed E-state index contributed by atoms with van der Waals surface area (Å²) >= 11 is 0. The van der Waals surface area contributed by atoms with Gasteiger partial charge in [-0.05, 0) is 23.8 Å². The lowest BCUT2D eigenvalue weighted by Gasteiger charge is -2.23. The van der Waals surface area contributed by atoms with Crippen LogP contribution in [0.25, 0.3) is 0 Å². The summed E-state index contributed by atoms with van der Waals surface area (Å²) in [4.78, 5) is 22.7. The Morgan fingerprint density at radius 3 is 2.61 bits per heavy atom. The molecule has 1 aromatic heterocycles. The van der Waals surface area contributed by atoms with E-state index in [-0.39, 0.29) is 17.2 Å². The third-order valence-electron chi connectivity index (χ3n) is 3.46. The number of aromatic nitrogens is 3. The van der Waals surface area contributed by atoms with Crippen LogP contribution in [0.4, 0.5) is 5.82 Å². The minimum Gasteiger partial charge on any atom is -0.497 e. The molecule has 0 unspecified atom stereocenters. The van der Waals surface area contributed by atoms with Crippen LogP contribution < -0.4 is 15.8 Å². The Bertz CT molecular complexity index is 809. The maximum Gasteiger partial charge on any atom is 0.352 e. The number of hydrogen-bond acceptors (Lipinski definition) is 6. The Hall–Kier alpha value is -3.36. The van der Waals surface area contributed by atoms with Gasteiger partial charge >= 0.3 is 5.97 Å². The number of carbonyl (C=O) groups excluding carboxylic acids is 1. The van der Waals surface area contributed by atoms with Crippen LogP contribution in [0.1, 0.15) is 22.1 Å². The number of primary amides is 1. The van der Waals surface area contributed by atoms with Crippen LogP contribution in [0, 0.1) is 0 Å². The zero-order valence-corrected chi connectivity index (χ0v) is 12.1.